The first-order valence-electron chi connectivity index (χ1n) is 5.53. The number of amides is 1. The minimum Gasteiger partial charge on any atom is -0.341 e. The van der Waals surface area contributed by atoms with E-state index in [1.807, 2.05) is 30.3 Å². The zero-order valence-electron chi connectivity index (χ0n) is 9.92. The number of nitrogens with zero attached hydrogens (tertiary/aromatic N) is 3. The van der Waals surface area contributed by atoms with E-state index in [-0.39, 0.29) is 12.5 Å². The summed E-state index contributed by atoms with van der Waals surface area (Å²) in [6.45, 7) is 0.237. The summed E-state index contributed by atoms with van der Waals surface area (Å²) in [6, 6.07) is 9.11. The van der Waals surface area contributed by atoms with Crippen molar-refractivity contribution in [2.24, 2.45) is 0 Å². The highest BCUT2D eigenvalue weighted by Crippen LogP contribution is 2.17. The van der Waals surface area contributed by atoms with E-state index in [0.29, 0.717) is 5.82 Å². The molecule has 0 spiro atoms. The van der Waals surface area contributed by atoms with Crippen LogP contribution in [0.3, 0.4) is 0 Å². The minimum atomic E-state index is -0.397. The monoisotopic (exact) mass is 246 g/mol. The number of aromatic amines is 1. The number of nitrogens with one attached hydrogen (secondary N) is 3. The van der Waals surface area contributed by atoms with Crippen LogP contribution < -0.4 is 10.6 Å². The summed E-state index contributed by atoms with van der Waals surface area (Å²) in [5, 5.41) is 19.4. The van der Waals surface area contributed by atoms with E-state index in [0.717, 1.165) is 5.56 Å². The molecule has 1 atom stereocenters. The average molecular weight is 246 g/mol. The Bertz CT molecular complexity index is 483. The number of benzene rings is 1. The Labute approximate surface area is 104 Å². The molecule has 18 heavy (non-hydrogen) atoms. The van der Waals surface area contributed by atoms with Crippen molar-refractivity contribution in [3.8, 4) is 0 Å². The molecule has 7 nitrogen and oxygen atoms in total. The number of H-pyrrole nitrogens is 1. The molecular weight excluding hydrogens is 232 g/mol. The van der Waals surface area contributed by atoms with Gasteiger partial charge in [-0.3, -0.25) is 4.79 Å². The lowest BCUT2D eigenvalue weighted by Crippen LogP contribution is -2.36. The van der Waals surface area contributed by atoms with Crippen LogP contribution in [-0.2, 0) is 4.79 Å². The molecule has 0 fully saturated rings. The molecule has 1 amide bonds. The van der Waals surface area contributed by atoms with Crippen LogP contribution in [0.4, 0.5) is 0 Å². The lowest BCUT2D eigenvalue weighted by Gasteiger charge is -2.15. The molecule has 1 aromatic heterocycles. The highest BCUT2D eigenvalue weighted by molar-refractivity contribution is 5.78. The predicted molar refractivity (Wildman–Crippen MR) is 64.5 cm³/mol. The van der Waals surface area contributed by atoms with E-state index in [4.69, 9.17) is 0 Å². The third-order valence-electron chi connectivity index (χ3n) is 2.40. The van der Waals surface area contributed by atoms with Gasteiger partial charge in [-0.1, -0.05) is 35.5 Å². The summed E-state index contributed by atoms with van der Waals surface area (Å²) in [5.41, 5.74) is 0.906. The van der Waals surface area contributed by atoms with Gasteiger partial charge in [-0.25, -0.2) is 0 Å². The maximum Gasteiger partial charge on any atom is 0.234 e. The van der Waals surface area contributed by atoms with Gasteiger partial charge in [0.05, 0.1) is 6.54 Å². The van der Waals surface area contributed by atoms with Crippen molar-refractivity contribution >= 4 is 5.91 Å². The summed E-state index contributed by atoms with van der Waals surface area (Å²) >= 11 is 0. The Morgan fingerprint density at radius 1 is 1.39 bits per heavy atom. The smallest absolute Gasteiger partial charge is 0.234 e. The van der Waals surface area contributed by atoms with Gasteiger partial charge in [0.25, 0.3) is 0 Å². The highest BCUT2D eigenvalue weighted by Gasteiger charge is 2.20. The molecule has 1 aromatic carbocycles. The number of carbonyl (C=O) groups excluding carboxylic acids is 1. The lowest BCUT2D eigenvalue weighted by atomic mass is 10.1. The van der Waals surface area contributed by atoms with Crippen LogP contribution in [-0.4, -0.2) is 40.1 Å². The van der Waals surface area contributed by atoms with Crippen molar-refractivity contribution in [1.82, 2.24) is 31.3 Å². The topological polar surface area (TPSA) is 95.6 Å². The van der Waals surface area contributed by atoms with Gasteiger partial charge in [-0.2, -0.15) is 5.21 Å². The fraction of sp³-hybridized carbons (Fsp3) is 0.273. The Morgan fingerprint density at radius 3 is 2.78 bits per heavy atom. The normalized spacial score (nSPS) is 12.1. The summed E-state index contributed by atoms with van der Waals surface area (Å²) in [4.78, 5) is 11.7. The molecule has 0 aliphatic rings. The summed E-state index contributed by atoms with van der Waals surface area (Å²) in [5.74, 6) is 0.307. The summed E-state index contributed by atoms with van der Waals surface area (Å²) in [7, 11) is 1.71. The second-order valence-corrected chi connectivity index (χ2v) is 3.71. The van der Waals surface area contributed by atoms with Crippen LogP contribution >= 0.6 is 0 Å². The van der Waals surface area contributed by atoms with Gasteiger partial charge >= 0.3 is 0 Å². The van der Waals surface area contributed by atoms with E-state index in [1.165, 1.54) is 0 Å². The van der Waals surface area contributed by atoms with E-state index in [2.05, 4.69) is 31.3 Å². The number of likely N-dealkylation sites (N-methyl/N-ethyl adjacent to an activating group) is 1. The molecule has 3 N–H and O–H groups in total. The van der Waals surface area contributed by atoms with Crippen LogP contribution in [0.15, 0.2) is 30.3 Å². The lowest BCUT2D eigenvalue weighted by molar-refractivity contribution is -0.120. The van der Waals surface area contributed by atoms with E-state index in [1.54, 1.807) is 7.05 Å². The number of hydrogen-bond donors (Lipinski definition) is 3. The Balaban J connectivity index is 2.22. The molecule has 1 unspecified atom stereocenters. The molecule has 1 heterocycles. The molecule has 2 rings (SSSR count). The van der Waals surface area contributed by atoms with Gasteiger partial charge in [0.2, 0.25) is 11.7 Å². The largest absolute Gasteiger partial charge is 0.341 e. The van der Waals surface area contributed by atoms with Crippen LogP contribution in [0.5, 0.6) is 0 Å². The van der Waals surface area contributed by atoms with Gasteiger partial charge in [-0.15, -0.1) is 10.2 Å². The molecule has 94 valence electrons. The van der Waals surface area contributed by atoms with Gasteiger partial charge in [0.1, 0.15) is 6.04 Å². The first-order valence-corrected chi connectivity index (χ1v) is 5.53. The first-order chi connectivity index (χ1) is 8.81. The van der Waals surface area contributed by atoms with Gasteiger partial charge in [0, 0.05) is 0 Å². The second kappa shape index (κ2) is 5.87. The van der Waals surface area contributed by atoms with Crippen molar-refractivity contribution < 1.29 is 4.79 Å². The van der Waals surface area contributed by atoms with Gasteiger partial charge < -0.3 is 10.6 Å². The molecule has 0 bridgehead atoms. The Hall–Kier alpha value is -2.28. The summed E-state index contributed by atoms with van der Waals surface area (Å²) in [6.07, 6.45) is 0. The molecule has 0 saturated heterocycles. The Morgan fingerprint density at radius 2 is 2.17 bits per heavy atom. The number of aromatic nitrogens is 4. The molecule has 0 radical (unpaired) electrons. The predicted octanol–water partition coefficient (Wildman–Crippen LogP) is -0.375. The average Bonchev–Trinajstić information content (AvgIpc) is 2.91. The maximum absolute atomic E-state index is 11.7. The molecule has 7 heteroatoms. The number of hydrogen-bond acceptors (Lipinski definition) is 5. The van der Waals surface area contributed by atoms with Gasteiger partial charge in [0.15, 0.2) is 0 Å². The number of carbonyl (C=O) groups is 1. The van der Waals surface area contributed by atoms with Gasteiger partial charge in [-0.05, 0) is 12.6 Å². The highest BCUT2D eigenvalue weighted by atomic mass is 16.2. The third kappa shape index (κ3) is 2.89. The maximum atomic E-state index is 11.7. The van der Waals surface area contributed by atoms with Crippen molar-refractivity contribution in [1.29, 1.82) is 0 Å². The molecule has 0 saturated carbocycles. The van der Waals surface area contributed by atoms with E-state index in [9.17, 15) is 4.79 Å². The van der Waals surface area contributed by atoms with Crippen LogP contribution in [0, 0.1) is 0 Å². The van der Waals surface area contributed by atoms with E-state index < -0.39 is 6.04 Å². The number of tetrazole rings is 1. The van der Waals surface area contributed by atoms with Crippen LogP contribution in [0.2, 0.25) is 0 Å². The zero-order chi connectivity index (χ0) is 12.8. The first kappa shape index (κ1) is 12.2. The van der Waals surface area contributed by atoms with Crippen LogP contribution in [0.1, 0.15) is 17.4 Å². The molecule has 2 aromatic rings. The van der Waals surface area contributed by atoms with Crippen molar-refractivity contribution in [2.45, 2.75) is 6.04 Å². The molecule has 0 aliphatic carbocycles. The fourth-order valence-corrected chi connectivity index (χ4v) is 1.61. The van der Waals surface area contributed by atoms with Crippen molar-refractivity contribution in [3.05, 3.63) is 41.7 Å². The SMILES string of the molecule is CNCC(=O)NC(c1ccccc1)c1nn[nH]n1. The molecular formula is C11H14N6O. The molecule has 0 aliphatic heterocycles. The standard InChI is InChI=1S/C11H14N6O/c1-12-7-9(18)13-10(11-14-16-17-15-11)8-5-3-2-4-6-8/h2-6,10,12H,7H2,1H3,(H,13,18)(H,14,15,16,17). The van der Waals surface area contributed by atoms with E-state index >= 15 is 0 Å². The third-order valence-corrected chi connectivity index (χ3v) is 2.40. The minimum absolute atomic E-state index is 0.129. The Kier molecular flexibility index (Phi) is 3.98. The fourth-order valence-electron chi connectivity index (χ4n) is 1.61. The van der Waals surface area contributed by atoms with Crippen molar-refractivity contribution in [2.75, 3.05) is 13.6 Å². The summed E-state index contributed by atoms with van der Waals surface area (Å²) < 4.78 is 0. The zero-order valence-corrected chi connectivity index (χ0v) is 9.92. The quantitative estimate of drug-likeness (QED) is 0.668. The second-order valence-electron chi connectivity index (χ2n) is 3.71. The number of rotatable bonds is 5. The van der Waals surface area contributed by atoms with Crippen LogP contribution in [0.25, 0.3) is 0 Å². The van der Waals surface area contributed by atoms with Crippen molar-refractivity contribution in [3.63, 3.8) is 0 Å².